The van der Waals surface area contributed by atoms with Crippen LogP contribution in [-0.2, 0) is 0 Å². The van der Waals surface area contributed by atoms with Gasteiger partial charge in [-0.3, -0.25) is 0 Å². The Bertz CT molecular complexity index is 33.2. The molecule has 0 radical (unpaired) electrons. The van der Waals surface area contributed by atoms with Crippen LogP contribution in [0.25, 0.3) is 0 Å². The molecule has 4 N–H and O–H groups in total. The molecular formula is C4H13KN2O. The monoisotopic (exact) mass is 144 g/mol. The molecule has 46 valence electrons. The van der Waals surface area contributed by atoms with Crippen LogP contribution < -0.4 is 11.1 Å². The average Bonchev–Trinajstić information content (AvgIpc) is 1.69. The van der Waals surface area contributed by atoms with Gasteiger partial charge >= 0.3 is 51.4 Å². The van der Waals surface area contributed by atoms with Gasteiger partial charge in [-0.25, -0.2) is 0 Å². The minimum absolute atomic E-state index is 0. The predicted octanol–water partition coefficient (Wildman–Crippen LogP) is -2.12. The third-order valence-corrected chi connectivity index (χ3v) is 0.610. The molecule has 0 aliphatic heterocycles. The van der Waals surface area contributed by atoms with Gasteiger partial charge in [0.1, 0.15) is 0 Å². The van der Waals surface area contributed by atoms with Crippen molar-refractivity contribution in [2.24, 2.45) is 5.73 Å². The molecule has 0 spiro atoms. The van der Waals surface area contributed by atoms with E-state index in [2.05, 4.69) is 5.32 Å². The van der Waals surface area contributed by atoms with Gasteiger partial charge in [0.25, 0.3) is 0 Å². The van der Waals surface area contributed by atoms with Crippen LogP contribution in [0.15, 0.2) is 0 Å². The van der Waals surface area contributed by atoms with Gasteiger partial charge in [-0.05, 0) is 0 Å². The van der Waals surface area contributed by atoms with Crippen LogP contribution in [0.1, 0.15) is 0 Å². The van der Waals surface area contributed by atoms with Crippen LogP contribution in [0.5, 0.6) is 0 Å². The molecule has 0 aromatic rings. The average molecular weight is 144 g/mol. The summed E-state index contributed by atoms with van der Waals surface area (Å²) in [5, 5.41) is 11.1. The van der Waals surface area contributed by atoms with E-state index in [0.717, 1.165) is 6.54 Å². The van der Waals surface area contributed by atoms with Crippen molar-refractivity contribution in [1.29, 1.82) is 0 Å². The molecule has 0 aliphatic carbocycles. The third kappa shape index (κ3) is 10.5. The first kappa shape index (κ1) is 12.2. The number of aliphatic hydroxyl groups excluding tert-OH is 1. The topological polar surface area (TPSA) is 58.3 Å². The van der Waals surface area contributed by atoms with Gasteiger partial charge in [0.15, 0.2) is 0 Å². The van der Waals surface area contributed by atoms with Crippen molar-refractivity contribution in [3.8, 4) is 0 Å². The summed E-state index contributed by atoms with van der Waals surface area (Å²) in [7, 11) is 0. The Morgan fingerprint density at radius 2 is 2.00 bits per heavy atom. The van der Waals surface area contributed by atoms with Gasteiger partial charge in [0.05, 0.1) is 6.61 Å². The maximum absolute atomic E-state index is 8.19. The number of hydrogen-bond acceptors (Lipinski definition) is 3. The van der Waals surface area contributed by atoms with Crippen LogP contribution in [0, 0.1) is 0 Å². The van der Waals surface area contributed by atoms with E-state index < -0.39 is 0 Å². The van der Waals surface area contributed by atoms with Crippen molar-refractivity contribution < 1.29 is 5.11 Å². The van der Waals surface area contributed by atoms with Gasteiger partial charge in [-0.15, -0.1) is 0 Å². The molecular weight excluding hydrogens is 131 g/mol. The van der Waals surface area contributed by atoms with Crippen LogP contribution in [0.3, 0.4) is 0 Å². The molecule has 0 aromatic carbocycles. The summed E-state index contributed by atoms with van der Waals surface area (Å²) >= 11 is 0. The Morgan fingerprint density at radius 1 is 1.38 bits per heavy atom. The van der Waals surface area contributed by atoms with Crippen molar-refractivity contribution in [1.82, 2.24) is 5.32 Å². The summed E-state index contributed by atoms with van der Waals surface area (Å²) in [5.41, 5.74) is 5.13. The zero-order valence-corrected chi connectivity index (χ0v) is 4.35. The Hall–Kier alpha value is 1.52. The first-order valence-corrected chi connectivity index (χ1v) is 2.43. The van der Waals surface area contributed by atoms with E-state index in [4.69, 9.17) is 10.8 Å². The van der Waals surface area contributed by atoms with Crippen molar-refractivity contribution >= 4 is 51.4 Å². The van der Waals surface area contributed by atoms with Crippen LogP contribution in [-0.4, -0.2) is 82.7 Å². The SMILES string of the molecule is NCCNCCO.[KH]. The van der Waals surface area contributed by atoms with Crippen molar-refractivity contribution in [2.75, 3.05) is 26.2 Å². The van der Waals surface area contributed by atoms with Crippen molar-refractivity contribution in [3.63, 3.8) is 0 Å². The molecule has 0 bridgehead atoms. The Labute approximate surface area is 92.4 Å². The van der Waals surface area contributed by atoms with E-state index in [-0.39, 0.29) is 58.0 Å². The summed E-state index contributed by atoms with van der Waals surface area (Å²) in [6.07, 6.45) is 0. The summed E-state index contributed by atoms with van der Waals surface area (Å²) in [6, 6.07) is 0. The van der Waals surface area contributed by atoms with Gasteiger partial charge in [-0.1, -0.05) is 0 Å². The molecule has 0 rings (SSSR count). The van der Waals surface area contributed by atoms with Gasteiger partial charge in [0, 0.05) is 19.6 Å². The van der Waals surface area contributed by atoms with E-state index in [1.165, 1.54) is 0 Å². The fraction of sp³-hybridized carbons (Fsp3) is 1.00. The molecule has 0 saturated heterocycles. The van der Waals surface area contributed by atoms with Crippen molar-refractivity contribution in [3.05, 3.63) is 0 Å². The third-order valence-electron chi connectivity index (χ3n) is 0.610. The number of aliphatic hydroxyl groups is 1. The standard InChI is InChI=1S/C4H12N2O.K.H/c5-1-2-6-3-4-7;;/h6-7H,1-5H2;;. The fourth-order valence-electron chi connectivity index (χ4n) is 0.306. The number of rotatable bonds is 4. The van der Waals surface area contributed by atoms with Crippen LogP contribution in [0.2, 0.25) is 0 Å². The molecule has 0 unspecified atom stereocenters. The minimum atomic E-state index is 0. The normalized spacial score (nSPS) is 8.25. The Morgan fingerprint density at radius 3 is 2.38 bits per heavy atom. The van der Waals surface area contributed by atoms with Gasteiger partial charge in [0.2, 0.25) is 0 Å². The summed E-state index contributed by atoms with van der Waals surface area (Å²) in [6.45, 7) is 2.28. The predicted molar refractivity (Wildman–Crippen MR) is 36.2 cm³/mol. The van der Waals surface area contributed by atoms with E-state index in [1.807, 2.05) is 0 Å². The van der Waals surface area contributed by atoms with Crippen LogP contribution >= 0.6 is 0 Å². The van der Waals surface area contributed by atoms with E-state index in [1.54, 1.807) is 0 Å². The second kappa shape index (κ2) is 11.3. The van der Waals surface area contributed by atoms with E-state index in [0.29, 0.717) is 13.1 Å². The van der Waals surface area contributed by atoms with Gasteiger partial charge < -0.3 is 16.2 Å². The maximum atomic E-state index is 8.19. The molecule has 0 aliphatic rings. The van der Waals surface area contributed by atoms with Crippen molar-refractivity contribution in [2.45, 2.75) is 0 Å². The molecule has 0 fully saturated rings. The van der Waals surface area contributed by atoms with E-state index >= 15 is 0 Å². The number of nitrogens with two attached hydrogens (primary N) is 1. The molecule has 0 aromatic heterocycles. The zero-order valence-electron chi connectivity index (χ0n) is 4.35. The molecule has 3 nitrogen and oxygen atoms in total. The Kier molecular flexibility index (Phi) is 17.3. The first-order chi connectivity index (χ1) is 3.41. The molecule has 0 amide bonds. The summed E-state index contributed by atoms with van der Waals surface area (Å²) in [4.78, 5) is 0. The second-order valence-electron chi connectivity index (χ2n) is 1.26. The zero-order chi connectivity index (χ0) is 5.54. The van der Waals surface area contributed by atoms with E-state index in [9.17, 15) is 0 Å². The summed E-state index contributed by atoms with van der Waals surface area (Å²) < 4.78 is 0. The second-order valence-corrected chi connectivity index (χ2v) is 1.26. The molecule has 8 heavy (non-hydrogen) atoms. The molecule has 0 heterocycles. The fourth-order valence-corrected chi connectivity index (χ4v) is 0.306. The number of nitrogens with one attached hydrogen (secondary N) is 1. The quantitative estimate of drug-likeness (QED) is 0.312. The number of hydrogen-bond donors (Lipinski definition) is 3. The van der Waals surface area contributed by atoms with Gasteiger partial charge in [-0.2, -0.15) is 0 Å². The molecule has 0 saturated carbocycles. The Balaban J connectivity index is 0. The first-order valence-electron chi connectivity index (χ1n) is 2.43. The summed E-state index contributed by atoms with van der Waals surface area (Å²) in [5.74, 6) is 0. The molecule has 4 heteroatoms. The molecule has 0 atom stereocenters. The van der Waals surface area contributed by atoms with Crippen LogP contribution in [0.4, 0.5) is 0 Å².